The summed E-state index contributed by atoms with van der Waals surface area (Å²) in [5.74, 6) is -0.297. The second-order valence-corrected chi connectivity index (χ2v) is 4.54. The van der Waals surface area contributed by atoms with Crippen LogP contribution in [0.1, 0.15) is 26.2 Å². The molecule has 1 heterocycles. The lowest BCUT2D eigenvalue weighted by molar-refractivity contribution is -0.132. The van der Waals surface area contributed by atoms with E-state index in [4.69, 9.17) is 0 Å². The molecule has 2 unspecified atom stereocenters. The predicted molar refractivity (Wildman–Crippen MR) is 50.7 cm³/mol. The maximum Gasteiger partial charge on any atom is 0.217 e. The standard InChI is InChI=1S/C9H13FO2S/c1-6(11)8(10)9(12)7-4-2-3-5-13-7/h7-8H,2-5H2,1H3. The van der Waals surface area contributed by atoms with Crippen molar-refractivity contribution >= 4 is 23.3 Å². The first-order valence-corrected chi connectivity index (χ1v) is 5.47. The Morgan fingerprint density at radius 2 is 2.15 bits per heavy atom. The van der Waals surface area contributed by atoms with Gasteiger partial charge in [-0.25, -0.2) is 4.39 Å². The highest BCUT2D eigenvalue weighted by atomic mass is 32.2. The summed E-state index contributed by atoms with van der Waals surface area (Å²) >= 11 is 1.48. The molecule has 74 valence electrons. The van der Waals surface area contributed by atoms with Crippen LogP contribution >= 0.6 is 11.8 Å². The number of carbonyl (C=O) groups is 2. The van der Waals surface area contributed by atoms with E-state index in [0.29, 0.717) is 0 Å². The van der Waals surface area contributed by atoms with Gasteiger partial charge in [0.25, 0.3) is 0 Å². The van der Waals surface area contributed by atoms with Crippen molar-refractivity contribution in [2.75, 3.05) is 5.75 Å². The first-order chi connectivity index (χ1) is 6.13. The largest absolute Gasteiger partial charge is 0.296 e. The molecule has 0 radical (unpaired) electrons. The topological polar surface area (TPSA) is 34.1 Å². The van der Waals surface area contributed by atoms with E-state index in [1.165, 1.54) is 11.8 Å². The van der Waals surface area contributed by atoms with Gasteiger partial charge in [-0.1, -0.05) is 6.42 Å². The summed E-state index contributed by atoms with van der Waals surface area (Å²) in [6.07, 6.45) is 0.882. The second-order valence-electron chi connectivity index (χ2n) is 3.23. The van der Waals surface area contributed by atoms with Gasteiger partial charge in [0.15, 0.2) is 11.6 Å². The molecule has 0 aromatic heterocycles. The Kier molecular flexibility index (Phi) is 3.90. The fraction of sp³-hybridized carbons (Fsp3) is 0.778. The van der Waals surface area contributed by atoms with Gasteiger partial charge in [0, 0.05) is 0 Å². The summed E-state index contributed by atoms with van der Waals surface area (Å²) in [5, 5.41) is -0.285. The molecular formula is C9H13FO2S. The van der Waals surface area contributed by atoms with Crippen LogP contribution in [0.15, 0.2) is 0 Å². The van der Waals surface area contributed by atoms with E-state index in [-0.39, 0.29) is 5.25 Å². The van der Waals surface area contributed by atoms with Gasteiger partial charge in [0.05, 0.1) is 5.25 Å². The molecule has 2 nitrogen and oxygen atoms in total. The summed E-state index contributed by atoms with van der Waals surface area (Å²) in [7, 11) is 0. The van der Waals surface area contributed by atoms with Gasteiger partial charge >= 0.3 is 0 Å². The number of alkyl halides is 1. The molecule has 4 heteroatoms. The monoisotopic (exact) mass is 204 g/mol. The van der Waals surface area contributed by atoms with Crippen molar-refractivity contribution in [1.82, 2.24) is 0 Å². The van der Waals surface area contributed by atoms with Crippen LogP contribution < -0.4 is 0 Å². The summed E-state index contributed by atoms with van der Waals surface area (Å²) in [6, 6.07) is 0. The fourth-order valence-electron chi connectivity index (χ4n) is 1.33. The highest BCUT2D eigenvalue weighted by Crippen LogP contribution is 2.27. The number of carbonyl (C=O) groups excluding carboxylic acids is 2. The molecule has 0 amide bonds. The zero-order valence-corrected chi connectivity index (χ0v) is 8.40. The molecule has 0 spiro atoms. The molecule has 13 heavy (non-hydrogen) atoms. The van der Waals surface area contributed by atoms with Crippen LogP contribution in [0.4, 0.5) is 4.39 Å². The van der Waals surface area contributed by atoms with Crippen LogP contribution in [0, 0.1) is 0 Å². The van der Waals surface area contributed by atoms with Crippen molar-refractivity contribution in [1.29, 1.82) is 0 Å². The Labute approximate surface area is 81.3 Å². The zero-order valence-electron chi connectivity index (χ0n) is 7.59. The van der Waals surface area contributed by atoms with E-state index in [0.717, 1.165) is 31.9 Å². The average molecular weight is 204 g/mol. The molecule has 1 aliphatic heterocycles. The molecule has 1 fully saturated rings. The minimum Gasteiger partial charge on any atom is -0.296 e. The summed E-state index contributed by atoms with van der Waals surface area (Å²) < 4.78 is 13.0. The smallest absolute Gasteiger partial charge is 0.217 e. The van der Waals surface area contributed by atoms with Crippen LogP contribution in [-0.4, -0.2) is 28.7 Å². The Bertz CT molecular complexity index is 212. The predicted octanol–water partition coefficient (Wildman–Crippen LogP) is 1.77. The maximum absolute atomic E-state index is 13.0. The van der Waals surface area contributed by atoms with Crippen LogP contribution in [0.5, 0.6) is 0 Å². The van der Waals surface area contributed by atoms with Crippen LogP contribution in [-0.2, 0) is 9.59 Å². The van der Waals surface area contributed by atoms with E-state index in [1.807, 2.05) is 0 Å². The Morgan fingerprint density at radius 1 is 1.46 bits per heavy atom. The first kappa shape index (κ1) is 10.7. The maximum atomic E-state index is 13.0. The van der Waals surface area contributed by atoms with Crippen molar-refractivity contribution in [3.05, 3.63) is 0 Å². The van der Waals surface area contributed by atoms with Crippen molar-refractivity contribution in [3.8, 4) is 0 Å². The quantitative estimate of drug-likeness (QED) is 0.657. The van der Waals surface area contributed by atoms with Crippen molar-refractivity contribution < 1.29 is 14.0 Å². The normalized spacial score (nSPS) is 25.2. The number of hydrogen-bond acceptors (Lipinski definition) is 3. The highest BCUT2D eigenvalue weighted by Gasteiger charge is 2.31. The average Bonchev–Trinajstić information content (AvgIpc) is 2.17. The molecule has 0 saturated carbocycles. The molecule has 2 atom stereocenters. The number of Topliss-reactive ketones (excluding diaryl/α,β-unsaturated/α-hetero) is 2. The van der Waals surface area contributed by atoms with E-state index >= 15 is 0 Å². The zero-order chi connectivity index (χ0) is 9.84. The second kappa shape index (κ2) is 4.74. The summed E-state index contributed by atoms with van der Waals surface area (Å²) in [6.45, 7) is 1.12. The molecular weight excluding hydrogens is 191 g/mol. The van der Waals surface area contributed by atoms with Crippen LogP contribution in [0.2, 0.25) is 0 Å². The third-order valence-electron chi connectivity index (χ3n) is 2.10. The molecule has 0 bridgehead atoms. The van der Waals surface area contributed by atoms with Gasteiger partial charge in [-0.05, 0) is 25.5 Å². The van der Waals surface area contributed by atoms with E-state index in [9.17, 15) is 14.0 Å². The minimum absolute atomic E-state index is 0.285. The highest BCUT2D eigenvalue weighted by molar-refractivity contribution is 8.00. The molecule has 0 aromatic rings. The number of hydrogen-bond donors (Lipinski definition) is 0. The molecule has 1 aliphatic rings. The number of ketones is 2. The van der Waals surface area contributed by atoms with Gasteiger partial charge in [0.2, 0.25) is 6.17 Å². The van der Waals surface area contributed by atoms with Crippen molar-refractivity contribution in [3.63, 3.8) is 0 Å². The minimum atomic E-state index is -1.89. The summed E-state index contributed by atoms with van der Waals surface area (Å²) in [4.78, 5) is 21.9. The third kappa shape index (κ3) is 2.79. The number of thioether (sulfide) groups is 1. The van der Waals surface area contributed by atoms with E-state index < -0.39 is 17.7 Å². The van der Waals surface area contributed by atoms with Gasteiger partial charge in [0.1, 0.15) is 0 Å². The third-order valence-corrected chi connectivity index (χ3v) is 3.50. The van der Waals surface area contributed by atoms with Gasteiger partial charge < -0.3 is 0 Å². The number of rotatable bonds is 3. The van der Waals surface area contributed by atoms with Crippen molar-refractivity contribution in [2.45, 2.75) is 37.6 Å². The molecule has 1 rings (SSSR count). The first-order valence-electron chi connectivity index (χ1n) is 4.43. The SMILES string of the molecule is CC(=O)C(F)C(=O)C1CCCCS1. The molecule has 0 aromatic carbocycles. The molecule has 1 saturated heterocycles. The summed E-state index contributed by atoms with van der Waals surface area (Å²) in [5.41, 5.74) is 0. The van der Waals surface area contributed by atoms with Crippen LogP contribution in [0.3, 0.4) is 0 Å². The van der Waals surface area contributed by atoms with Crippen molar-refractivity contribution in [2.24, 2.45) is 0 Å². The number of halogens is 1. The van der Waals surface area contributed by atoms with Gasteiger partial charge in [-0.3, -0.25) is 9.59 Å². The van der Waals surface area contributed by atoms with Gasteiger partial charge in [-0.2, -0.15) is 11.8 Å². The van der Waals surface area contributed by atoms with Crippen LogP contribution in [0.25, 0.3) is 0 Å². The Hall–Kier alpha value is -0.380. The fourth-order valence-corrected chi connectivity index (χ4v) is 2.60. The van der Waals surface area contributed by atoms with E-state index in [2.05, 4.69) is 0 Å². The van der Waals surface area contributed by atoms with Gasteiger partial charge in [-0.15, -0.1) is 0 Å². The molecule has 0 aliphatic carbocycles. The Balaban J connectivity index is 2.50. The lowest BCUT2D eigenvalue weighted by Gasteiger charge is -2.20. The lowest BCUT2D eigenvalue weighted by atomic mass is 10.1. The molecule has 0 N–H and O–H groups in total. The Morgan fingerprint density at radius 3 is 2.62 bits per heavy atom. The lowest BCUT2D eigenvalue weighted by Crippen LogP contribution is -2.33. The van der Waals surface area contributed by atoms with E-state index in [1.54, 1.807) is 0 Å².